The number of benzene rings is 2. The lowest BCUT2D eigenvalue weighted by Gasteiger charge is -2.17. The van der Waals surface area contributed by atoms with Crippen molar-refractivity contribution in [3.63, 3.8) is 0 Å². The molecule has 2 aromatic carbocycles. The number of carbonyl (C=O) groups is 2. The van der Waals surface area contributed by atoms with E-state index in [0.29, 0.717) is 23.1 Å². The van der Waals surface area contributed by atoms with Crippen LogP contribution in [0.15, 0.2) is 53.3 Å². The maximum absolute atomic E-state index is 12.4. The van der Waals surface area contributed by atoms with Crippen molar-refractivity contribution >= 4 is 28.4 Å². The highest BCUT2D eigenvalue weighted by atomic mass is 16.2. The fourth-order valence-electron chi connectivity index (χ4n) is 3.11. The first-order chi connectivity index (χ1) is 14.0. The number of hydrogen-bond donors (Lipinski definition) is 2. The van der Waals surface area contributed by atoms with Crippen LogP contribution in [-0.2, 0) is 22.4 Å². The molecule has 7 nitrogen and oxygen atoms in total. The highest BCUT2D eigenvalue weighted by molar-refractivity contribution is 5.95. The SMILES string of the molecule is CCc1ccccc1NC(=O)CN(C)C(=O)CCc1nc2ccccc2c(=O)[nH]1. The van der Waals surface area contributed by atoms with Crippen molar-refractivity contribution in [1.29, 1.82) is 0 Å². The molecule has 0 atom stereocenters. The van der Waals surface area contributed by atoms with Gasteiger partial charge in [0, 0.05) is 25.6 Å². The van der Waals surface area contributed by atoms with Crippen molar-refractivity contribution in [2.45, 2.75) is 26.2 Å². The van der Waals surface area contributed by atoms with Gasteiger partial charge in [-0.3, -0.25) is 14.4 Å². The van der Waals surface area contributed by atoms with Crippen molar-refractivity contribution < 1.29 is 9.59 Å². The van der Waals surface area contributed by atoms with Gasteiger partial charge in [-0.05, 0) is 30.2 Å². The summed E-state index contributed by atoms with van der Waals surface area (Å²) in [6.45, 7) is 1.98. The molecule has 29 heavy (non-hydrogen) atoms. The molecule has 0 aliphatic carbocycles. The molecule has 0 bridgehead atoms. The van der Waals surface area contributed by atoms with E-state index in [1.807, 2.05) is 37.3 Å². The van der Waals surface area contributed by atoms with Crippen LogP contribution in [0.5, 0.6) is 0 Å². The molecule has 7 heteroatoms. The molecule has 0 saturated heterocycles. The number of amides is 2. The lowest BCUT2D eigenvalue weighted by molar-refractivity contribution is -0.133. The second-order valence-corrected chi connectivity index (χ2v) is 6.84. The Kier molecular flexibility index (Phi) is 6.39. The van der Waals surface area contributed by atoms with E-state index >= 15 is 0 Å². The summed E-state index contributed by atoms with van der Waals surface area (Å²) in [5.41, 5.74) is 2.18. The second kappa shape index (κ2) is 9.14. The maximum atomic E-state index is 12.4. The number of aromatic amines is 1. The number of hydrogen-bond acceptors (Lipinski definition) is 4. The lowest BCUT2D eigenvalue weighted by atomic mass is 10.1. The van der Waals surface area contributed by atoms with Crippen LogP contribution < -0.4 is 10.9 Å². The normalized spacial score (nSPS) is 10.7. The third-order valence-electron chi connectivity index (χ3n) is 4.72. The minimum atomic E-state index is -0.251. The third-order valence-corrected chi connectivity index (χ3v) is 4.72. The van der Waals surface area contributed by atoms with Crippen molar-refractivity contribution in [2.24, 2.45) is 0 Å². The molecule has 2 N–H and O–H groups in total. The van der Waals surface area contributed by atoms with Crippen molar-refractivity contribution in [3.8, 4) is 0 Å². The predicted molar refractivity (Wildman–Crippen MR) is 113 cm³/mol. The number of para-hydroxylation sites is 2. The number of fused-ring (bicyclic) bond motifs is 1. The van der Waals surface area contributed by atoms with Gasteiger partial charge in [0.2, 0.25) is 11.8 Å². The van der Waals surface area contributed by atoms with E-state index in [4.69, 9.17) is 0 Å². The number of anilines is 1. The van der Waals surface area contributed by atoms with E-state index in [0.717, 1.165) is 17.7 Å². The van der Waals surface area contributed by atoms with Gasteiger partial charge >= 0.3 is 0 Å². The minimum absolute atomic E-state index is 0.0431. The summed E-state index contributed by atoms with van der Waals surface area (Å²) in [5, 5.41) is 3.37. The van der Waals surface area contributed by atoms with E-state index in [9.17, 15) is 14.4 Å². The average molecular weight is 392 g/mol. The molecular weight excluding hydrogens is 368 g/mol. The number of nitrogens with zero attached hydrogens (tertiary/aromatic N) is 2. The molecule has 0 fully saturated rings. The Morgan fingerprint density at radius 1 is 1.10 bits per heavy atom. The van der Waals surface area contributed by atoms with E-state index < -0.39 is 0 Å². The van der Waals surface area contributed by atoms with Crippen molar-refractivity contribution in [2.75, 3.05) is 18.9 Å². The van der Waals surface area contributed by atoms with Crippen molar-refractivity contribution in [1.82, 2.24) is 14.9 Å². The number of likely N-dealkylation sites (N-methyl/N-ethyl adjacent to an activating group) is 1. The Labute approximate surface area is 168 Å². The van der Waals surface area contributed by atoms with Crippen LogP contribution in [0.3, 0.4) is 0 Å². The standard InChI is InChI=1S/C22H24N4O3/c1-3-15-8-4-6-10-17(15)24-20(27)14-26(2)21(28)13-12-19-23-18-11-7-5-9-16(18)22(29)25-19/h4-11H,3,12-14H2,1-2H3,(H,24,27)(H,23,25,29). The van der Waals surface area contributed by atoms with Gasteiger partial charge in [-0.25, -0.2) is 4.98 Å². The van der Waals surface area contributed by atoms with E-state index in [-0.39, 0.29) is 30.3 Å². The zero-order valence-corrected chi connectivity index (χ0v) is 16.6. The molecule has 0 aliphatic rings. The number of aromatic nitrogens is 2. The van der Waals surface area contributed by atoms with Gasteiger partial charge < -0.3 is 15.2 Å². The molecule has 3 aromatic rings. The number of H-pyrrole nitrogens is 1. The Morgan fingerprint density at radius 2 is 1.83 bits per heavy atom. The molecule has 0 aliphatic heterocycles. The highest BCUT2D eigenvalue weighted by Gasteiger charge is 2.15. The molecule has 0 unspecified atom stereocenters. The van der Waals surface area contributed by atoms with E-state index in [2.05, 4.69) is 15.3 Å². The summed E-state index contributed by atoms with van der Waals surface area (Å²) in [6, 6.07) is 14.7. The van der Waals surface area contributed by atoms with Crippen LogP contribution in [0.4, 0.5) is 5.69 Å². The smallest absolute Gasteiger partial charge is 0.258 e. The third kappa shape index (κ3) is 5.07. The van der Waals surface area contributed by atoms with Crippen LogP contribution in [0.1, 0.15) is 24.7 Å². The lowest BCUT2D eigenvalue weighted by Crippen LogP contribution is -2.35. The van der Waals surface area contributed by atoms with Crippen LogP contribution in [0.2, 0.25) is 0 Å². The summed E-state index contributed by atoms with van der Waals surface area (Å²) in [5.74, 6) is 0.00972. The van der Waals surface area contributed by atoms with Gasteiger partial charge in [-0.1, -0.05) is 37.3 Å². The highest BCUT2D eigenvalue weighted by Crippen LogP contribution is 2.15. The van der Waals surface area contributed by atoms with Crippen LogP contribution in [0, 0.1) is 0 Å². The largest absolute Gasteiger partial charge is 0.336 e. The second-order valence-electron chi connectivity index (χ2n) is 6.84. The van der Waals surface area contributed by atoms with Crippen LogP contribution >= 0.6 is 0 Å². The summed E-state index contributed by atoms with van der Waals surface area (Å²) < 4.78 is 0. The molecule has 0 saturated carbocycles. The summed E-state index contributed by atoms with van der Waals surface area (Å²) in [7, 11) is 1.59. The molecular formula is C22H24N4O3. The zero-order valence-electron chi connectivity index (χ0n) is 16.6. The molecule has 1 aromatic heterocycles. The van der Waals surface area contributed by atoms with Gasteiger partial charge in [0.1, 0.15) is 5.82 Å². The fraction of sp³-hybridized carbons (Fsp3) is 0.273. The number of rotatable bonds is 7. The number of carbonyl (C=O) groups excluding carboxylic acids is 2. The number of nitrogens with one attached hydrogen (secondary N) is 2. The molecule has 150 valence electrons. The van der Waals surface area contributed by atoms with Gasteiger partial charge in [0.05, 0.1) is 17.4 Å². The fourth-order valence-corrected chi connectivity index (χ4v) is 3.11. The Morgan fingerprint density at radius 3 is 2.62 bits per heavy atom. The molecule has 3 rings (SSSR count). The predicted octanol–water partition coefficient (Wildman–Crippen LogP) is 2.52. The quantitative estimate of drug-likeness (QED) is 0.646. The molecule has 2 amide bonds. The van der Waals surface area contributed by atoms with Gasteiger partial charge in [-0.2, -0.15) is 0 Å². The molecule has 1 heterocycles. The first-order valence-electron chi connectivity index (χ1n) is 9.57. The maximum Gasteiger partial charge on any atom is 0.258 e. The van der Waals surface area contributed by atoms with Crippen LogP contribution in [0.25, 0.3) is 10.9 Å². The minimum Gasteiger partial charge on any atom is -0.336 e. The first kappa shape index (κ1) is 20.3. The van der Waals surface area contributed by atoms with Gasteiger partial charge in [0.25, 0.3) is 5.56 Å². The van der Waals surface area contributed by atoms with E-state index in [1.165, 1.54) is 4.90 Å². The van der Waals surface area contributed by atoms with Gasteiger partial charge in [-0.15, -0.1) is 0 Å². The zero-order chi connectivity index (χ0) is 20.8. The van der Waals surface area contributed by atoms with Gasteiger partial charge in [0.15, 0.2) is 0 Å². The monoisotopic (exact) mass is 392 g/mol. The Bertz CT molecular complexity index is 1090. The summed E-state index contributed by atoms with van der Waals surface area (Å²) in [6.07, 6.45) is 1.25. The van der Waals surface area contributed by atoms with Crippen molar-refractivity contribution in [3.05, 3.63) is 70.3 Å². The van der Waals surface area contributed by atoms with E-state index in [1.54, 1.807) is 25.2 Å². The number of aryl methyl sites for hydroxylation is 2. The Balaban J connectivity index is 1.56. The average Bonchev–Trinajstić information content (AvgIpc) is 2.72. The van der Waals surface area contributed by atoms with Crippen LogP contribution in [-0.4, -0.2) is 40.3 Å². The first-order valence-corrected chi connectivity index (χ1v) is 9.57. The topological polar surface area (TPSA) is 95.2 Å². The molecule has 0 spiro atoms. The molecule has 0 radical (unpaired) electrons. The Hall–Kier alpha value is -3.48. The summed E-state index contributed by atoms with van der Waals surface area (Å²) in [4.78, 5) is 45.3. The summed E-state index contributed by atoms with van der Waals surface area (Å²) >= 11 is 0.